The fraction of sp³-hybridized carbons (Fsp3) is 0.258. The highest BCUT2D eigenvalue weighted by Gasteiger charge is 2.27. The van der Waals surface area contributed by atoms with Crippen molar-refractivity contribution < 1.29 is 9.53 Å². The van der Waals surface area contributed by atoms with Crippen molar-refractivity contribution in [1.29, 1.82) is 0 Å². The van der Waals surface area contributed by atoms with Gasteiger partial charge in [0.1, 0.15) is 5.75 Å². The molecule has 3 nitrogen and oxygen atoms in total. The number of nitrogens with one attached hydrogen (secondary N) is 1. The highest BCUT2D eigenvalue weighted by atomic mass is 16.5. The summed E-state index contributed by atoms with van der Waals surface area (Å²) >= 11 is 0. The van der Waals surface area contributed by atoms with Crippen LogP contribution in [0.1, 0.15) is 33.6 Å². The van der Waals surface area contributed by atoms with Gasteiger partial charge in [0, 0.05) is 22.7 Å². The van der Waals surface area contributed by atoms with E-state index >= 15 is 0 Å². The number of carbonyl (C=O) groups excluding carboxylic acids is 1. The SMILES string of the molecule is C=C(C)[C@H](CC)[C@H](CC)C(=O)Nc1ccc2ccccc2c1-c1c(OC)ccc2ccccc12. The number of anilines is 1. The summed E-state index contributed by atoms with van der Waals surface area (Å²) in [5, 5.41) is 7.72. The molecule has 0 aliphatic carbocycles. The molecular formula is C31H33NO2. The molecular weight excluding hydrogens is 418 g/mol. The lowest BCUT2D eigenvalue weighted by molar-refractivity contribution is -0.121. The molecule has 0 aliphatic rings. The van der Waals surface area contributed by atoms with E-state index in [1.807, 2.05) is 43.3 Å². The first-order valence-electron chi connectivity index (χ1n) is 12.0. The Morgan fingerprint density at radius 2 is 1.38 bits per heavy atom. The van der Waals surface area contributed by atoms with E-state index in [4.69, 9.17) is 4.74 Å². The van der Waals surface area contributed by atoms with Gasteiger partial charge in [-0.15, -0.1) is 0 Å². The molecule has 0 aliphatic heterocycles. The average Bonchev–Trinajstić information content (AvgIpc) is 2.86. The molecule has 3 heteroatoms. The molecule has 1 N–H and O–H groups in total. The molecule has 0 unspecified atom stereocenters. The third-order valence-corrected chi connectivity index (χ3v) is 6.88. The Kier molecular flexibility index (Phi) is 7.02. The number of ether oxygens (including phenoxy) is 1. The number of methoxy groups -OCH3 is 1. The molecule has 0 heterocycles. The number of allylic oxidation sites excluding steroid dienone is 1. The van der Waals surface area contributed by atoms with Gasteiger partial charge in [-0.05, 0) is 59.4 Å². The average molecular weight is 452 g/mol. The number of rotatable bonds is 8. The van der Waals surface area contributed by atoms with Crippen LogP contribution in [0.25, 0.3) is 32.7 Å². The maximum Gasteiger partial charge on any atom is 0.228 e. The Bertz CT molecular complexity index is 1350. The van der Waals surface area contributed by atoms with Gasteiger partial charge in [0.15, 0.2) is 0 Å². The number of carbonyl (C=O) groups is 1. The molecule has 4 aromatic carbocycles. The first kappa shape index (κ1) is 23.6. The molecule has 1 amide bonds. The largest absolute Gasteiger partial charge is 0.496 e. The fourth-order valence-electron chi connectivity index (χ4n) is 5.18. The number of hydrogen-bond donors (Lipinski definition) is 1. The second kappa shape index (κ2) is 10.1. The zero-order valence-electron chi connectivity index (χ0n) is 20.5. The molecule has 174 valence electrons. The first-order chi connectivity index (χ1) is 16.5. The quantitative estimate of drug-likeness (QED) is 0.274. The van der Waals surface area contributed by atoms with Crippen molar-refractivity contribution in [1.82, 2.24) is 0 Å². The lowest BCUT2D eigenvalue weighted by Gasteiger charge is -2.26. The summed E-state index contributed by atoms with van der Waals surface area (Å²) in [5.74, 6) is 0.844. The van der Waals surface area contributed by atoms with Gasteiger partial charge in [-0.1, -0.05) is 86.7 Å². The Balaban J connectivity index is 1.95. The Hall–Kier alpha value is -3.59. The standard InChI is InChI=1S/C31H33NO2/c1-6-23(20(3)4)24(7-2)31(33)32-27-18-16-21-12-8-10-14-25(21)29(27)30-26-15-11-9-13-22(26)17-19-28(30)34-5/h8-19,23-24H,3,6-7H2,1-2,4-5H3,(H,32,33)/t23-,24-/m0/s1. The van der Waals surface area contributed by atoms with Crippen LogP contribution < -0.4 is 10.1 Å². The van der Waals surface area contributed by atoms with Crippen LogP contribution in [0, 0.1) is 11.8 Å². The molecule has 0 fully saturated rings. The molecule has 34 heavy (non-hydrogen) atoms. The zero-order chi connectivity index (χ0) is 24.2. The van der Waals surface area contributed by atoms with Crippen molar-refractivity contribution in [3.05, 3.63) is 84.9 Å². The van der Waals surface area contributed by atoms with Crippen molar-refractivity contribution in [2.75, 3.05) is 12.4 Å². The van der Waals surface area contributed by atoms with Crippen molar-refractivity contribution in [3.8, 4) is 16.9 Å². The summed E-state index contributed by atoms with van der Waals surface area (Å²) in [6, 6.07) is 24.8. The topological polar surface area (TPSA) is 38.3 Å². The summed E-state index contributed by atoms with van der Waals surface area (Å²) in [6.45, 7) is 10.4. The van der Waals surface area contributed by atoms with Gasteiger partial charge in [0.25, 0.3) is 0 Å². The molecule has 4 aromatic rings. The summed E-state index contributed by atoms with van der Waals surface area (Å²) < 4.78 is 5.85. The third-order valence-electron chi connectivity index (χ3n) is 6.88. The molecule has 0 aromatic heterocycles. The van der Waals surface area contributed by atoms with E-state index in [1.165, 1.54) is 0 Å². The molecule has 0 spiro atoms. The third kappa shape index (κ3) is 4.31. The van der Waals surface area contributed by atoms with E-state index in [2.05, 4.69) is 62.1 Å². The van der Waals surface area contributed by atoms with Gasteiger partial charge < -0.3 is 10.1 Å². The number of fused-ring (bicyclic) bond motifs is 2. The second-order valence-electron chi connectivity index (χ2n) is 8.94. The molecule has 4 rings (SSSR count). The smallest absolute Gasteiger partial charge is 0.228 e. The molecule has 0 radical (unpaired) electrons. The molecule has 2 atom stereocenters. The van der Waals surface area contributed by atoms with E-state index in [0.717, 1.165) is 62.5 Å². The van der Waals surface area contributed by atoms with Crippen LogP contribution in [0.4, 0.5) is 5.69 Å². The summed E-state index contributed by atoms with van der Waals surface area (Å²) in [4.78, 5) is 13.6. The van der Waals surface area contributed by atoms with Crippen molar-refractivity contribution in [2.45, 2.75) is 33.6 Å². The van der Waals surface area contributed by atoms with E-state index in [-0.39, 0.29) is 17.7 Å². The summed E-state index contributed by atoms with van der Waals surface area (Å²) in [6.07, 6.45) is 1.65. The van der Waals surface area contributed by atoms with E-state index < -0.39 is 0 Å². The first-order valence-corrected chi connectivity index (χ1v) is 12.0. The van der Waals surface area contributed by atoms with E-state index in [0.29, 0.717) is 0 Å². The number of hydrogen-bond acceptors (Lipinski definition) is 2. The van der Waals surface area contributed by atoms with Gasteiger partial charge in [0.2, 0.25) is 5.91 Å². The number of amides is 1. The minimum Gasteiger partial charge on any atom is -0.496 e. The van der Waals surface area contributed by atoms with Gasteiger partial charge in [0.05, 0.1) is 7.11 Å². The maximum absolute atomic E-state index is 13.6. The Morgan fingerprint density at radius 1 is 0.824 bits per heavy atom. The summed E-state index contributed by atoms with van der Waals surface area (Å²) in [7, 11) is 1.70. The Morgan fingerprint density at radius 3 is 1.94 bits per heavy atom. The van der Waals surface area contributed by atoms with Crippen molar-refractivity contribution >= 4 is 33.1 Å². The fourth-order valence-corrected chi connectivity index (χ4v) is 5.18. The van der Waals surface area contributed by atoms with Crippen LogP contribution >= 0.6 is 0 Å². The van der Waals surface area contributed by atoms with E-state index in [9.17, 15) is 4.79 Å². The van der Waals surface area contributed by atoms with Crippen LogP contribution in [0.2, 0.25) is 0 Å². The maximum atomic E-state index is 13.6. The highest BCUT2D eigenvalue weighted by Crippen LogP contribution is 2.44. The molecule has 0 saturated carbocycles. The molecule has 0 saturated heterocycles. The van der Waals surface area contributed by atoms with Crippen LogP contribution in [-0.2, 0) is 4.79 Å². The van der Waals surface area contributed by atoms with Gasteiger partial charge in [-0.25, -0.2) is 0 Å². The van der Waals surface area contributed by atoms with Gasteiger partial charge in [-0.2, -0.15) is 0 Å². The van der Waals surface area contributed by atoms with Gasteiger partial charge in [-0.3, -0.25) is 4.79 Å². The second-order valence-corrected chi connectivity index (χ2v) is 8.94. The lowest BCUT2D eigenvalue weighted by atomic mass is 9.82. The summed E-state index contributed by atoms with van der Waals surface area (Å²) in [5.41, 5.74) is 3.83. The minimum absolute atomic E-state index is 0.0353. The Labute approximate surface area is 202 Å². The van der Waals surface area contributed by atoms with Crippen LogP contribution in [0.15, 0.2) is 84.9 Å². The predicted molar refractivity (Wildman–Crippen MR) is 144 cm³/mol. The normalized spacial score (nSPS) is 12.9. The van der Waals surface area contributed by atoms with Crippen LogP contribution in [0.3, 0.4) is 0 Å². The van der Waals surface area contributed by atoms with Crippen molar-refractivity contribution in [2.24, 2.45) is 11.8 Å². The van der Waals surface area contributed by atoms with E-state index in [1.54, 1.807) is 7.11 Å². The monoisotopic (exact) mass is 451 g/mol. The predicted octanol–water partition coefficient (Wildman–Crippen LogP) is 8.24. The van der Waals surface area contributed by atoms with Gasteiger partial charge >= 0.3 is 0 Å². The van der Waals surface area contributed by atoms with Crippen molar-refractivity contribution in [3.63, 3.8) is 0 Å². The molecule has 0 bridgehead atoms. The van der Waals surface area contributed by atoms with Crippen LogP contribution in [-0.4, -0.2) is 13.0 Å². The zero-order valence-corrected chi connectivity index (χ0v) is 20.5. The minimum atomic E-state index is -0.128. The number of benzene rings is 4. The lowest BCUT2D eigenvalue weighted by Crippen LogP contribution is -2.29. The highest BCUT2D eigenvalue weighted by molar-refractivity contribution is 6.13. The van der Waals surface area contributed by atoms with Crippen LogP contribution in [0.5, 0.6) is 5.75 Å².